The van der Waals surface area contributed by atoms with Crippen LogP contribution in [0.15, 0.2) is 68.9 Å². The minimum absolute atomic E-state index is 0.0267. The molecule has 0 saturated heterocycles. The van der Waals surface area contributed by atoms with Crippen molar-refractivity contribution in [2.24, 2.45) is 0 Å². The molecular formula is C18H17BrN4O4S2. The van der Waals surface area contributed by atoms with Crippen molar-refractivity contribution in [2.45, 2.75) is 23.6 Å². The van der Waals surface area contributed by atoms with Crippen LogP contribution < -0.4 is 9.44 Å². The fourth-order valence-corrected chi connectivity index (χ4v) is 5.53. The molecule has 2 aromatic carbocycles. The summed E-state index contributed by atoms with van der Waals surface area (Å²) in [6, 6.07) is 13.4. The molecule has 0 radical (unpaired) electrons. The maximum absolute atomic E-state index is 12.6. The standard InChI is InChI=1S/C18H17BrN4O4S2/c1-12-11-13(2)21-18(20-12)23-28(24,25)15-9-7-14(8-10-15)22-29(26,27)17-6-4-3-5-16(17)19/h3-11,22H,1-2H3,(H,20,21,23). The molecular weight excluding hydrogens is 480 g/mol. The first-order valence-corrected chi connectivity index (χ1v) is 12.1. The molecule has 0 bridgehead atoms. The average Bonchev–Trinajstić information content (AvgIpc) is 2.60. The fraction of sp³-hybridized carbons (Fsp3) is 0.111. The lowest BCUT2D eigenvalue weighted by molar-refractivity contribution is 0.599. The van der Waals surface area contributed by atoms with Crippen molar-refractivity contribution in [3.63, 3.8) is 0 Å². The third-order valence-electron chi connectivity index (χ3n) is 3.75. The van der Waals surface area contributed by atoms with E-state index in [4.69, 9.17) is 0 Å². The van der Waals surface area contributed by atoms with Crippen LogP contribution >= 0.6 is 15.9 Å². The first-order chi connectivity index (χ1) is 13.6. The van der Waals surface area contributed by atoms with Crippen molar-refractivity contribution < 1.29 is 16.8 Å². The second kappa shape index (κ2) is 8.09. The summed E-state index contributed by atoms with van der Waals surface area (Å²) in [7, 11) is -7.76. The second-order valence-electron chi connectivity index (χ2n) is 6.14. The molecule has 0 aliphatic carbocycles. The molecule has 29 heavy (non-hydrogen) atoms. The molecule has 152 valence electrons. The number of anilines is 2. The number of halogens is 1. The number of hydrogen-bond acceptors (Lipinski definition) is 6. The van der Waals surface area contributed by atoms with Crippen LogP contribution in [-0.4, -0.2) is 26.8 Å². The van der Waals surface area contributed by atoms with Crippen LogP contribution in [0.2, 0.25) is 0 Å². The van der Waals surface area contributed by atoms with Gasteiger partial charge in [-0.05, 0) is 72.2 Å². The van der Waals surface area contributed by atoms with E-state index in [1.807, 2.05) is 0 Å². The highest BCUT2D eigenvalue weighted by atomic mass is 79.9. The number of benzene rings is 2. The van der Waals surface area contributed by atoms with Crippen LogP contribution in [0, 0.1) is 13.8 Å². The predicted molar refractivity (Wildman–Crippen MR) is 114 cm³/mol. The quantitative estimate of drug-likeness (QED) is 0.539. The van der Waals surface area contributed by atoms with Gasteiger partial charge in [0.1, 0.15) is 4.90 Å². The van der Waals surface area contributed by atoms with Crippen molar-refractivity contribution >= 4 is 47.6 Å². The summed E-state index contributed by atoms with van der Waals surface area (Å²) in [5.41, 5.74) is 1.49. The molecule has 0 saturated carbocycles. The van der Waals surface area contributed by atoms with Crippen molar-refractivity contribution in [1.29, 1.82) is 0 Å². The summed E-state index contributed by atoms with van der Waals surface area (Å²) in [4.78, 5) is 8.13. The highest BCUT2D eigenvalue weighted by molar-refractivity contribution is 9.10. The fourth-order valence-electron chi connectivity index (χ4n) is 2.53. The smallest absolute Gasteiger partial charge is 0.264 e. The molecule has 0 amide bonds. The van der Waals surface area contributed by atoms with E-state index in [9.17, 15) is 16.8 Å². The Balaban J connectivity index is 1.81. The van der Waals surface area contributed by atoms with Crippen molar-refractivity contribution in [3.05, 3.63) is 70.5 Å². The Bertz CT molecular complexity index is 1240. The van der Waals surface area contributed by atoms with Gasteiger partial charge in [-0.25, -0.2) is 31.5 Å². The van der Waals surface area contributed by atoms with E-state index in [0.717, 1.165) is 0 Å². The van der Waals surface area contributed by atoms with E-state index in [0.29, 0.717) is 15.9 Å². The molecule has 0 spiro atoms. The van der Waals surface area contributed by atoms with Crippen LogP contribution in [0.3, 0.4) is 0 Å². The lowest BCUT2D eigenvalue weighted by Gasteiger charge is -2.11. The first-order valence-electron chi connectivity index (χ1n) is 8.29. The summed E-state index contributed by atoms with van der Waals surface area (Å²) in [5.74, 6) is -0.0267. The number of aromatic nitrogens is 2. The number of rotatable bonds is 6. The van der Waals surface area contributed by atoms with E-state index in [1.54, 1.807) is 38.1 Å². The van der Waals surface area contributed by atoms with Crippen molar-refractivity contribution in [3.8, 4) is 0 Å². The van der Waals surface area contributed by atoms with E-state index in [1.165, 1.54) is 30.3 Å². The number of aryl methyl sites for hydroxylation is 2. The molecule has 3 aromatic rings. The molecule has 1 aromatic heterocycles. The van der Waals surface area contributed by atoms with Crippen LogP contribution in [-0.2, 0) is 20.0 Å². The van der Waals surface area contributed by atoms with Crippen LogP contribution in [0.5, 0.6) is 0 Å². The number of nitrogens with one attached hydrogen (secondary N) is 2. The van der Waals surface area contributed by atoms with Gasteiger partial charge in [0, 0.05) is 21.5 Å². The summed E-state index contributed by atoms with van der Waals surface area (Å²) in [6.07, 6.45) is 0. The maximum Gasteiger partial charge on any atom is 0.264 e. The minimum atomic E-state index is -3.93. The van der Waals surface area contributed by atoms with Crippen LogP contribution in [0.1, 0.15) is 11.4 Å². The van der Waals surface area contributed by atoms with Crippen molar-refractivity contribution in [1.82, 2.24) is 9.97 Å². The lowest BCUT2D eigenvalue weighted by Crippen LogP contribution is -2.16. The topological polar surface area (TPSA) is 118 Å². The Morgan fingerprint density at radius 1 is 0.793 bits per heavy atom. The van der Waals surface area contributed by atoms with Gasteiger partial charge in [0.25, 0.3) is 20.0 Å². The summed E-state index contributed by atoms with van der Waals surface area (Å²) >= 11 is 3.21. The third kappa shape index (κ3) is 5.11. The van der Waals surface area contributed by atoms with Crippen LogP contribution in [0.25, 0.3) is 0 Å². The Labute approximate surface area is 177 Å². The Hall–Kier alpha value is -2.50. The molecule has 2 N–H and O–H groups in total. The van der Waals surface area contributed by atoms with Gasteiger partial charge < -0.3 is 0 Å². The van der Waals surface area contributed by atoms with Crippen LogP contribution in [0.4, 0.5) is 11.6 Å². The van der Waals surface area contributed by atoms with E-state index in [2.05, 4.69) is 35.3 Å². The van der Waals surface area contributed by atoms with Gasteiger partial charge in [0.15, 0.2) is 0 Å². The van der Waals surface area contributed by atoms with Gasteiger partial charge in [0.2, 0.25) is 5.95 Å². The molecule has 0 aliphatic rings. The van der Waals surface area contributed by atoms with Gasteiger partial charge in [-0.1, -0.05) is 12.1 Å². The molecule has 11 heteroatoms. The van der Waals surface area contributed by atoms with E-state index >= 15 is 0 Å². The predicted octanol–water partition coefficient (Wildman–Crippen LogP) is 3.46. The monoisotopic (exact) mass is 496 g/mol. The number of sulfonamides is 2. The van der Waals surface area contributed by atoms with Gasteiger partial charge in [0.05, 0.1) is 4.90 Å². The zero-order valence-corrected chi connectivity index (χ0v) is 18.6. The SMILES string of the molecule is Cc1cc(C)nc(NS(=O)(=O)c2ccc(NS(=O)(=O)c3ccccc3Br)cc2)n1. The third-order valence-corrected chi connectivity index (χ3v) is 7.49. The molecule has 0 unspecified atom stereocenters. The molecule has 8 nitrogen and oxygen atoms in total. The zero-order chi connectivity index (χ0) is 21.2. The highest BCUT2D eigenvalue weighted by Gasteiger charge is 2.19. The Kier molecular flexibility index (Phi) is 5.92. The van der Waals surface area contributed by atoms with E-state index < -0.39 is 20.0 Å². The van der Waals surface area contributed by atoms with Gasteiger partial charge in [-0.2, -0.15) is 0 Å². The average molecular weight is 497 g/mol. The summed E-state index contributed by atoms with van der Waals surface area (Å²) in [6.45, 7) is 3.47. The first kappa shape index (κ1) is 21.2. The van der Waals surface area contributed by atoms with E-state index in [-0.39, 0.29) is 21.4 Å². The van der Waals surface area contributed by atoms with Gasteiger partial charge in [-0.15, -0.1) is 0 Å². The molecule has 1 heterocycles. The number of hydrogen-bond donors (Lipinski definition) is 2. The molecule has 0 fully saturated rings. The second-order valence-corrected chi connectivity index (χ2v) is 10.3. The molecule has 0 atom stereocenters. The minimum Gasteiger partial charge on any atom is -0.280 e. The summed E-state index contributed by atoms with van der Waals surface area (Å²) < 4.78 is 55.3. The largest absolute Gasteiger partial charge is 0.280 e. The highest BCUT2D eigenvalue weighted by Crippen LogP contribution is 2.24. The summed E-state index contributed by atoms with van der Waals surface area (Å²) in [5, 5.41) is 0. The maximum atomic E-state index is 12.6. The lowest BCUT2D eigenvalue weighted by atomic mass is 10.3. The van der Waals surface area contributed by atoms with Crippen molar-refractivity contribution in [2.75, 3.05) is 9.44 Å². The number of nitrogens with zero attached hydrogens (tertiary/aromatic N) is 2. The van der Waals surface area contributed by atoms with Gasteiger partial charge in [-0.3, -0.25) is 4.72 Å². The Morgan fingerprint density at radius 3 is 1.97 bits per heavy atom. The molecule has 3 rings (SSSR count). The van der Waals surface area contributed by atoms with Gasteiger partial charge >= 0.3 is 0 Å². The molecule has 0 aliphatic heterocycles. The Morgan fingerprint density at radius 2 is 1.38 bits per heavy atom. The zero-order valence-electron chi connectivity index (χ0n) is 15.4. The normalized spacial score (nSPS) is 11.8.